The minimum Gasteiger partial charge on any atom is -0.445 e. The predicted molar refractivity (Wildman–Crippen MR) is 299 cm³/mol. The Labute approximate surface area is 457 Å². The monoisotopic (exact) mass is 1080 g/mol. The Hall–Kier alpha value is -8.76. The van der Waals surface area contributed by atoms with Crippen LogP contribution in [0.3, 0.4) is 0 Å². The smallest absolute Gasteiger partial charge is 0.415 e. The number of carbonyl (C=O) groups is 8. The molecular weight excluding hydrogens is 1010 g/mol. The van der Waals surface area contributed by atoms with Gasteiger partial charge in [-0.25, -0.2) is 14.4 Å². The zero-order valence-corrected chi connectivity index (χ0v) is 44.5. The highest BCUT2D eigenvalue weighted by Crippen LogP contribution is 2.41. The number of nitrogens with zero attached hydrogens (tertiary/aromatic N) is 3. The van der Waals surface area contributed by atoms with E-state index in [-0.39, 0.29) is 57.5 Å². The Morgan fingerprint density at radius 1 is 0.747 bits per heavy atom. The van der Waals surface area contributed by atoms with Crippen molar-refractivity contribution >= 4 is 81.3 Å². The molecule has 8 rings (SSSR count). The number of carbonyl (C=O) groups excluding carboxylic acids is 8. The van der Waals surface area contributed by atoms with Gasteiger partial charge in [-0.1, -0.05) is 68.4 Å². The normalized spacial score (nSPS) is 15.4. The third-order valence-corrected chi connectivity index (χ3v) is 14.0. The number of ether oxygens (including phenoxy) is 2. The molecule has 1 fully saturated rings. The van der Waals surface area contributed by atoms with Crippen LogP contribution in [-0.2, 0) is 43.4 Å². The Morgan fingerprint density at radius 2 is 1.46 bits per heavy atom. The molecule has 3 aliphatic heterocycles. The van der Waals surface area contributed by atoms with Crippen LogP contribution < -0.4 is 57.9 Å². The summed E-state index contributed by atoms with van der Waals surface area (Å²) in [6.07, 6.45) is 0.387. The van der Waals surface area contributed by atoms with Gasteiger partial charge in [-0.15, -0.1) is 0 Å². The third kappa shape index (κ3) is 15.0. The Balaban J connectivity index is 0.825. The number of nitrogens with two attached hydrogens (primary N) is 1. The molecule has 0 saturated carbocycles. The largest absolute Gasteiger partial charge is 0.445 e. The average Bonchev–Trinajstić information content (AvgIpc) is 4.20. The van der Waals surface area contributed by atoms with E-state index in [1.54, 1.807) is 54.0 Å². The summed E-state index contributed by atoms with van der Waals surface area (Å²) in [5.41, 5.74) is 10.6. The lowest BCUT2D eigenvalue weighted by Gasteiger charge is -2.31. The maximum atomic E-state index is 14.3. The zero-order chi connectivity index (χ0) is 56.0. The fourth-order valence-corrected chi connectivity index (χ4v) is 9.70. The van der Waals surface area contributed by atoms with Gasteiger partial charge in [0.2, 0.25) is 23.6 Å². The lowest BCUT2D eigenvalue weighted by Crippen LogP contribution is -2.55. The molecule has 22 nitrogen and oxygen atoms in total. The molecule has 79 heavy (non-hydrogen) atoms. The van der Waals surface area contributed by atoms with Gasteiger partial charge < -0.3 is 67.1 Å². The standard InChI is InChI=1S/C57H68N12O10/c1-35(2)50(62-33-49(70)59-23-24-61-56(76)78-34-36-10-5-4-6-11-36)53(73)66-45(14-9-22-60-55(58)75)52(72)63-39-17-15-37(16-18-39)51(71)64-40-19-20-44-38(30-40)31-46(65-44)54(74)69-25-21-42-41-12-7-8-13-43(41)48(32-47(42)69)79-57(77)68-28-26-67(3)27-29-68/h4-8,10-13,15-20,30,32,35,45-46,50,62,65H,9,14,21-29,31,33-34H2,1-3H3,(H,59,70)(H,61,76)(H,63,72)(H,64,71)(H,66,73)(H3,58,60,75). The molecule has 3 unspecified atom stereocenters. The van der Waals surface area contributed by atoms with E-state index in [1.807, 2.05) is 79.8 Å². The molecule has 3 atom stereocenters. The highest BCUT2D eigenvalue weighted by atomic mass is 16.6. The molecule has 22 heteroatoms. The van der Waals surface area contributed by atoms with Crippen molar-refractivity contribution in [2.45, 2.75) is 64.3 Å². The summed E-state index contributed by atoms with van der Waals surface area (Å²) in [4.78, 5) is 110. The summed E-state index contributed by atoms with van der Waals surface area (Å²) in [6, 6.07) is 27.2. The van der Waals surface area contributed by atoms with Gasteiger partial charge in [0.25, 0.3) is 5.91 Å². The van der Waals surface area contributed by atoms with Crippen LogP contribution in [-0.4, -0.2) is 142 Å². The first-order valence-corrected chi connectivity index (χ1v) is 26.5. The summed E-state index contributed by atoms with van der Waals surface area (Å²) in [7, 11) is 2.02. The van der Waals surface area contributed by atoms with Gasteiger partial charge in [0, 0.05) is 92.9 Å². The number of urea groups is 1. The number of nitrogens with one attached hydrogen (secondary N) is 8. The van der Waals surface area contributed by atoms with E-state index in [1.165, 1.54) is 0 Å². The number of alkyl carbamates (subject to hydrolysis) is 1. The van der Waals surface area contributed by atoms with Gasteiger partial charge in [0.1, 0.15) is 24.4 Å². The van der Waals surface area contributed by atoms with Crippen LogP contribution in [0.25, 0.3) is 10.8 Å². The first-order valence-electron chi connectivity index (χ1n) is 26.5. The van der Waals surface area contributed by atoms with E-state index >= 15 is 0 Å². The second-order valence-electron chi connectivity index (χ2n) is 20.0. The van der Waals surface area contributed by atoms with Crippen LogP contribution in [0, 0.1) is 5.92 Å². The molecule has 0 aliphatic carbocycles. The summed E-state index contributed by atoms with van der Waals surface area (Å²) >= 11 is 0. The van der Waals surface area contributed by atoms with Gasteiger partial charge in [-0.05, 0) is 96.8 Å². The summed E-state index contributed by atoms with van der Waals surface area (Å²) in [6.45, 7) is 6.94. The number of likely N-dealkylation sites (N-methyl/N-ethyl adjacent to an activating group) is 1. The number of anilines is 4. The molecule has 5 aromatic rings. The molecular formula is C57H68N12O10. The topological polar surface area (TPSA) is 287 Å². The third-order valence-electron chi connectivity index (χ3n) is 14.0. The Morgan fingerprint density at radius 3 is 2.19 bits per heavy atom. The predicted octanol–water partition coefficient (Wildman–Crippen LogP) is 4.29. The number of fused-ring (bicyclic) bond motifs is 4. The summed E-state index contributed by atoms with van der Waals surface area (Å²) < 4.78 is 11.2. The number of piperazine rings is 1. The van der Waals surface area contributed by atoms with E-state index in [9.17, 15) is 38.4 Å². The number of hydrogen-bond donors (Lipinski definition) is 9. The van der Waals surface area contributed by atoms with Crippen LogP contribution >= 0.6 is 0 Å². The molecule has 0 bridgehead atoms. The molecule has 3 heterocycles. The van der Waals surface area contributed by atoms with Crippen molar-refractivity contribution in [2.24, 2.45) is 11.7 Å². The van der Waals surface area contributed by atoms with Crippen molar-refractivity contribution < 1.29 is 47.8 Å². The highest BCUT2D eigenvalue weighted by molar-refractivity contribution is 6.08. The molecule has 10 N–H and O–H groups in total. The summed E-state index contributed by atoms with van der Waals surface area (Å²) in [5.74, 6) is -1.94. The van der Waals surface area contributed by atoms with Crippen molar-refractivity contribution in [1.29, 1.82) is 0 Å². The number of rotatable bonds is 21. The molecule has 9 amide bonds. The first kappa shape index (κ1) is 56.4. The van der Waals surface area contributed by atoms with E-state index in [4.69, 9.17) is 15.2 Å². The quantitative estimate of drug-likeness (QED) is 0.0465. The van der Waals surface area contributed by atoms with E-state index in [0.29, 0.717) is 55.2 Å². The zero-order valence-electron chi connectivity index (χ0n) is 44.5. The lowest BCUT2D eigenvalue weighted by atomic mass is 10.0. The molecule has 3 aliphatic rings. The maximum Gasteiger partial charge on any atom is 0.415 e. The molecule has 5 aromatic carbocycles. The van der Waals surface area contributed by atoms with Gasteiger partial charge in [-0.2, -0.15) is 0 Å². The van der Waals surface area contributed by atoms with E-state index < -0.39 is 60.0 Å². The van der Waals surface area contributed by atoms with Crippen LogP contribution in [0.2, 0.25) is 0 Å². The van der Waals surface area contributed by atoms with Crippen molar-refractivity contribution in [2.75, 3.05) is 86.8 Å². The SMILES string of the molecule is CC(C)C(NCC(=O)NCCNC(=O)OCc1ccccc1)C(=O)NC(CCCNC(N)=O)C(=O)Nc1ccc(C(=O)Nc2ccc3c(c2)CC(C(=O)N2CCc4c2cc(OC(=O)N2CCN(C)CC2)c2ccccc42)N3)cc1. The molecule has 0 radical (unpaired) electrons. The van der Waals surface area contributed by atoms with Crippen LogP contribution in [0.4, 0.5) is 37.1 Å². The van der Waals surface area contributed by atoms with E-state index in [2.05, 4.69) is 47.4 Å². The molecule has 0 spiro atoms. The number of primary amides is 1. The van der Waals surface area contributed by atoms with E-state index in [0.717, 1.165) is 51.9 Å². The van der Waals surface area contributed by atoms with Crippen molar-refractivity contribution in [3.63, 3.8) is 0 Å². The van der Waals surface area contributed by atoms with Gasteiger partial charge in [-0.3, -0.25) is 29.3 Å². The number of benzene rings is 5. The Kier molecular flexibility index (Phi) is 19.0. The number of amides is 9. The first-order chi connectivity index (χ1) is 38.1. The fraction of sp³-hybridized carbons (Fsp3) is 0.368. The molecule has 416 valence electrons. The summed E-state index contributed by atoms with van der Waals surface area (Å²) in [5, 5.41) is 24.3. The number of hydrogen-bond acceptors (Lipinski definition) is 13. The fourth-order valence-electron chi connectivity index (χ4n) is 9.70. The van der Waals surface area contributed by atoms with Crippen LogP contribution in [0.1, 0.15) is 53.7 Å². The highest BCUT2D eigenvalue weighted by Gasteiger charge is 2.36. The second kappa shape index (κ2) is 26.5. The minimum atomic E-state index is -1.07. The average molecular weight is 1080 g/mol. The molecule has 1 saturated heterocycles. The van der Waals surface area contributed by atoms with Gasteiger partial charge in [0.05, 0.1) is 18.3 Å². The van der Waals surface area contributed by atoms with Gasteiger partial charge >= 0.3 is 18.2 Å². The van der Waals surface area contributed by atoms with Crippen molar-refractivity contribution in [1.82, 2.24) is 36.4 Å². The molecule has 0 aromatic heterocycles. The van der Waals surface area contributed by atoms with Crippen LogP contribution in [0.5, 0.6) is 5.75 Å². The maximum absolute atomic E-state index is 14.3. The lowest BCUT2D eigenvalue weighted by molar-refractivity contribution is -0.129. The van der Waals surface area contributed by atoms with Crippen molar-refractivity contribution in [3.05, 3.63) is 125 Å². The van der Waals surface area contributed by atoms with Crippen LogP contribution in [0.15, 0.2) is 103 Å². The Bertz CT molecular complexity index is 3040. The van der Waals surface area contributed by atoms with Crippen molar-refractivity contribution in [3.8, 4) is 5.75 Å². The second-order valence-corrected chi connectivity index (χ2v) is 20.0. The van der Waals surface area contributed by atoms with Gasteiger partial charge in [0.15, 0.2) is 0 Å². The minimum absolute atomic E-state index is 0.104.